The molecule has 2 heterocycles. The number of rotatable bonds is 7. The van der Waals surface area contributed by atoms with Gasteiger partial charge < -0.3 is 20.9 Å². The van der Waals surface area contributed by atoms with E-state index in [1.807, 2.05) is 45.3 Å². The number of aryl methyl sites for hydroxylation is 1. The molecule has 2 aromatic heterocycles. The highest BCUT2D eigenvalue weighted by Gasteiger charge is 2.26. The molecular weight excluding hydrogens is 478 g/mol. The Morgan fingerprint density at radius 3 is 2.55 bits per heavy atom. The first-order valence-corrected chi connectivity index (χ1v) is 13.0. The van der Waals surface area contributed by atoms with Crippen molar-refractivity contribution in [3.8, 4) is 0 Å². The maximum absolute atomic E-state index is 12.7. The van der Waals surface area contributed by atoms with Gasteiger partial charge in [-0.3, -0.25) is 9.59 Å². The Hall–Kier alpha value is -4.01. The van der Waals surface area contributed by atoms with Gasteiger partial charge in [-0.05, 0) is 61.6 Å². The van der Waals surface area contributed by atoms with Crippen molar-refractivity contribution in [1.82, 2.24) is 25.2 Å². The first kappa shape index (κ1) is 27.0. The molecule has 0 fully saturated rings. The number of hydrogen-bond acceptors (Lipinski definition) is 7. The van der Waals surface area contributed by atoms with E-state index in [0.717, 1.165) is 30.6 Å². The van der Waals surface area contributed by atoms with E-state index in [1.165, 1.54) is 17.3 Å². The van der Waals surface area contributed by atoms with Gasteiger partial charge in [0, 0.05) is 49.6 Å². The standard InChI is InChI=1S/C29H37N7O2/c1-7-30-26(37)22-17-31-28(35-25(22)34-24-10-8-9-23(33-24)29(2,3)4)32-21-14-13-18-15-20(27(38)36(5)6)12-11-19(18)16-21/h8-10,13-14,16-17,20H,7,11-12,15H2,1-6H3,(H,30,37)(H2,31,32,33,34,35). The minimum absolute atomic E-state index is 0.0282. The van der Waals surface area contributed by atoms with E-state index < -0.39 is 0 Å². The highest BCUT2D eigenvalue weighted by Crippen LogP contribution is 2.30. The van der Waals surface area contributed by atoms with E-state index in [9.17, 15) is 9.59 Å². The summed E-state index contributed by atoms with van der Waals surface area (Å²) in [7, 11) is 3.62. The molecule has 3 aromatic rings. The van der Waals surface area contributed by atoms with Crippen molar-refractivity contribution in [2.24, 2.45) is 5.92 Å². The van der Waals surface area contributed by atoms with Crippen molar-refractivity contribution in [1.29, 1.82) is 0 Å². The number of fused-ring (bicyclic) bond motifs is 1. The van der Waals surface area contributed by atoms with Crippen LogP contribution in [0.4, 0.5) is 23.3 Å². The van der Waals surface area contributed by atoms with Crippen LogP contribution in [0.5, 0.6) is 0 Å². The maximum Gasteiger partial charge on any atom is 0.256 e. The van der Waals surface area contributed by atoms with Gasteiger partial charge in [0.2, 0.25) is 11.9 Å². The summed E-state index contributed by atoms with van der Waals surface area (Å²) in [6.45, 7) is 8.66. The van der Waals surface area contributed by atoms with Crippen LogP contribution in [0.2, 0.25) is 0 Å². The van der Waals surface area contributed by atoms with E-state index in [-0.39, 0.29) is 23.1 Å². The second kappa shape index (κ2) is 11.2. The van der Waals surface area contributed by atoms with Gasteiger partial charge in [-0.15, -0.1) is 0 Å². The Morgan fingerprint density at radius 1 is 1.05 bits per heavy atom. The number of carbonyl (C=O) groups excluding carboxylic acids is 2. The van der Waals surface area contributed by atoms with Crippen molar-refractivity contribution in [3.63, 3.8) is 0 Å². The van der Waals surface area contributed by atoms with Crippen LogP contribution in [0.1, 0.15) is 61.3 Å². The lowest BCUT2D eigenvalue weighted by atomic mass is 9.83. The molecule has 0 saturated heterocycles. The van der Waals surface area contributed by atoms with Crippen LogP contribution in [-0.4, -0.2) is 52.3 Å². The molecular formula is C29H37N7O2. The number of amides is 2. The van der Waals surface area contributed by atoms with Crippen molar-refractivity contribution in [2.45, 2.75) is 52.4 Å². The molecule has 2 amide bonds. The van der Waals surface area contributed by atoms with Crippen LogP contribution in [0, 0.1) is 5.92 Å². The number of nitrogens with zero attached hydrogens (tertiary/aromatic N) is 4. The molecule has 38 heavy (non-hydrogen) atoms. The summed E-state index contributed by atoms with van der Waals surface area (Å²) in [4.78, 5) is 40.6. The number of benzene rings is 1. The number of pyridine rings is 1. The third-order valence-electron chi connectivity index (χ3n) is 6.62. The molecule has 3 N–H and O–H groups in total. The summed E-state index contributed by atoms with van der Waals surface area (Å²) in [6, 6.07) is 11.9. The Bertz CT molecular complexity index is 1330. The average Bonchev–Trinajstić information content (AvgIpc) is 2.88. The molecule has 1 aliphatic rings. The van der Waals surface area contributed by atoms with Crippen LogP contribution in [0.15, 0.2) is 42.6 Å². The molecule has 1 aliphatic carbocycles. The average molecular weight is 516 g/mol. The Labute approximate surface area is 224 Å². The van der Waals surface area contributed by atoms with Crippen LogP contribution < -0.4 is 16.0 Å². The Balaban J connectivity index is 1.58. The van der Waals surface area contributed by atoms with Gasteiger partial charge in [-0.2, -0.15) is 4.98 Å². The summed E-state index contributed by atoms with van der Waals surface area (Å²) in [5.74, 6) is 1.29. The Morgan fingerprint density at radius 2 is 1.84 bits per heavy atom. The summed E-state index contributed by atoms with van der Waals surface area (Å²) >= 11 is 0. The fourth-order valence-corrected chi connectivity index (χ4v) is 4.54. The van der Waals surface area contributed by atoms with E-state index >= 15 is 0 Å². The fraction of sp³-hybridized carbons (Fsp3) is 0.414. The quantitative estimate of drug-likeness (QED) is 0.422. The van der Waals surface area contributed by atoms with Crippen LogP contribution >= 0.6 is 0 Å². The van der Waals surface area contributed by atoms with E-state index in [2.05, 4.69) is 58.8 Å². The van der Waals surface area contributed by atoms with Crippen LogP contribution in [-0.2, 0) is 23.1 Å². The largest absolute Gasteiger partial charge is 0.352 e. The van der Waals surface area contributed by atoms with E-state index in [0.29, 0.717) is 29.7 Å². The van der Waals surface area contributed by atoms with Gasteiger partial charge in [0.05, 0.1) is 0 Å². The molecule has 0 aliphatic heterocycles. The minimum Gasteiger partial charge on any atom is -0.352 e. The molecule has 9 nitrogen and oxygen atoms in total. The lowest BCUT2D eigenvalue weighted by Crippen LogP contribution is -2.33. The van der Waals surface area contributed by atoms with Gasteiger partial charge in [0.1, 0.15) is 17.2 Å². The smallest absolute Gasteiger partial charge is 0.256 e. The third kappa shape index (κ3) is 6.27. The molecule has 0 bridgehead atoms. The molecule has 4 rings (SSSR count). The Kier molecular flexibility index (Phi) is 7.94. The van der Waals surface area contributed by atoms with Gasteiger partial charge in [-0.1, -0.05) is 32.9 Å². The second-order valence-electron chi connectivity index (χ2n) is 10.9. The lowest BCUT2D eigenvalue weighted by molar-refractivity contribution is -0.133. The van der Waals surface area contributed by atoms with Crippen molar-refractivity contribution in [2.75, 3.05) is 31.3 Å². The summed E-state index contributed by atoms with van der Waals surface area (Å²) in [5.41, 5.74) is 4.41. The van der Waals surface area contributed by atoms with Gasteiger partial charge in [-0.25, -0.2) is 9.97 Å². The number of anilines is 4. The fourth-order valence-electron chi connectivity index (χ4n) is 4.54. The normalized spacial score (nSPS) is 14.8. The maximum atomic E-state index is 12.7. The minimum atomic E-state index is -0.260. The molecule has 1 atom stereocenters. The predicted octanol–water partition coefficient (Wildman–Crippen LogP) is 4.60. The van der Waals surface area contributed by atoms with Crippen molar-refractivity contribution >= 4 is 35.1 Å². The number of hydrogen-bond donors (Lipinski definition) is 3. The highest BCUT2D eigenvalue weighted by atomic mass is 16.2. The van der Waals surface area contributed by atoms with Gasteiger partial charge >= 0.3 is 0 Å². The molecule has 0 spiro atoms. The van der Waals surface area contributed by atoms with Crippen LogP contribution in [0.25, 0.3) is 0 Å². The molecule has 9 heteroatoms. The third-order valence-corrected chi connectivity index (χ3v) is 6.62. The zero-order chi connectivity index (χ0) is 27.4. The number of nitrogens with one attached hydrogen (secondary N) is 3. The lowest BCUT2D eigenvalue weighted by Gasteiger charge is -2.26. The number of carbonyl (C=O) groups is 2. The molecule has 0 radical (unpaired) electrons. The summed E-state index contributed by atoms with van der Waals surface area (Å²) in [5, 5.41) is 9.32. The predicted molar refractivity (Wildman–Crippen MR) is 150 cm³/mol. The molecule has 1 unspecified atom stereocenters. The zero-order valence-corrected chi connectivity index (χ0v) is 23.1. The van der Waals surface area contributed by atoms with Crippen molar-refractivity contribution < 1.29 is 9.59 Å². The first-order valence-electron chi connectivity index (χ1n) is 13.0. The monoisotopic (exact) mass is 515 g/mol. The van der Waals surface area contributed by atoms with E-state index in [1.54, 1.807) is 4.90 Å². The highest BCUT2D eigenvalue weighted by molar-refractivity contribution is 5.99. The molecule has 200 valence electrons. The van der Waals surface area contributed by atoms with Crippen molar-refractivity contribution in [3.05, 3.63) is 65.0 Å². The van der Waals surface area contributed by atoms with Crippen LogP contribution in [0.3, 0.4) is 0 Å². The SMILES string of the molecule is CCNC(=O)c1cnc(Nc2ccc3c(c2)CCC(C(=O)N(C)C)C3)nc1Nc1cccc(C(C)(C)C)n1. The van der Waals surface area contributed by atoms with Gasteiger partial charge in [0.15, 0.2) is 0 Å². The zero-order valence-electron chi connectivity index (χ0n) is 23.1. The topological polar surface area (TPSA) is 112 Å². The van der Waals surface area contributed by atoms with E-state index in [4.69, 9.17) is 4.98 Å². The summed E-state index contributed by atoms with van der Waals surface area (Å²) in [6.07, 6.45) is 3.94. The molecule has 0 saturated carbocycles. The number of aromatic nitrogens is 3. The summed E-state index contributed by atoms with van der Waals surface area (Å²) < 4.78 is 0. The molecule has 1 aromatic carbocycles. The van der Waals surface area contributed by atoms with Gasteiger partial charge in [0.25, 0.3) is 5.91 Å². The first-order chi connectivity index (χ1) is 18.0. The second-order valence-corrected chi connectivity index (χ2v) is 10.9.